The van der Waals surface area contributed by atoms with Crippen LogP contribution in [0.4, 0.5) is 0 Å². The number of carbonyl (C=O) groups is 2. The van der Waals surface area contributed by atoms with Crippen molar-refractivity contribution < 1.29 is 14.7 Å². The molecule has 0 radical (unpaired) electrons. The summed E-state index contributed by atoms with van der Waals surface area (Å²) in [6.45, 7) is 1.76. The van der Waals surface area contributed by atoms with Crippen molar-refractivity contribution in [1.29, 1.82) is 0 Å². The van der Waals surface area contributed by atoms with Crippen LogP contribution in [-0.2, 0) is 9.59 Å². The van der Waals surface area contributed by atoms with E-state index in [0.717, 1.165) is 0 Å². The number of amides is 1. The molecule has 0 aliphatic heterocycles. The molecule has 1 unspecified atom stereocenters. The van der Waals surface area contributed by atoms with E-state index in [1.807, 2.05) is 6.26 Å². The smallest absolute Gasteiger partial charge is 0.329 e. The minimum Gasteiger partial charge on any atom is -0.480 e. The second-order valence-corrected chi connectivity index (χ2v) is 4.43. The van der Waals surface area contributed by atoms with Gasteiger partial charge in [-0.3, -0.25) is 4.79 Å². The third kappa shape index (κ3) is 2.15. The van der Waals surface area contributed by atoms with Crippen LogP contribution in [0.5, 0.6) is 0 Å². The zero-order valence-corrected chi connectivity index (χ0v) is 8.48. The molecule has 0 aromatic carbocycles. The van der Waals surface area contributed by atoms with E-state index >= 15 is 0 Å². The Labute approximate surface area is 81.1 Å². The lowest BCUT2D eigenvalue weighted by Crippen LogP contribution is -2.46. The first kappa shape index (κ1) is 10.4. The summed E-state index contributed by atoms with van der Waals surface area (Å²) in [7, 11) is 0. The van der Waals surface area contributed by atoms with E-state index in [9.17, 15) is 9.59 Å². The lowest BCUT2D eigenvalue weighted by molar-refractivity contribution is -0.143. The molecule has 1 amide bonds. The molecule has 0 spiro atoms. The maximum Gasteiger partial charge on any atom is 0.329 e. The van der Waals surface area contributed by atoms with Crippen molar-refractivity contribution in [2.45, 2.75) is 30.6 Å². The van der Waals surface area contributed by atoms with Gasteiger partial charge in [0.25, 0.3) is 0 Å². The molecule has 5 heteroatoms. The van der Waals surface area contributed by atoms with E-state index in [1.54, 1.807) is 6.92 Å². The van der Waals surface area contributed by atoms with Crippen molar-refractivity contribution in [1.82, 2.24) is 5.32 Å². The van der Waals surface area contributed by atoms with E-state index in [0.29, 0.717) is 12.8 Å². The number of nitrogens with one attached hydrogen (secondary N) is 1. The average Bonchev–Trinajstić information content (AvgIpc) is 2.84. The predicted octanol–water partition coefficient (Wildman–Crippen LogP) is 0.471. The molecular formula is C8H13NO3S. The minimum atomic E-state index is -0.943. The monoisotopic (exact) mass is 203 g/mol. The maximum absolute atomic E-state index is 11.3. The molecular weight excluding hydrogens is 190 g/mol. The average molecular weight is 203 g/mol. The Hall–Kier alpha value is -0.710. The van der Waals surface area contributed by atoms with Crippen molar-refractivity contribution in [2.75, 3.05) is 6.26 Å². The van der Waals surface area contributed by atoms with E-state index in [4.69, 9.17) is 5.11 Å². The zero-order chi connectivity index (χ0) is 10.1. The topological polar surface area (TPSA) is 66.4 Å². The summed E-state index contributed by atoms with van der Waals surface area (Å²) in [6, 6.07) is 0. The molecule has 74 valence electrons. The summed E-state index contributed by atoms with van der Waals surface area (Å²) in [6.07, 6.45) is 2.93. The van der Waals surface area contributed by atoms with E-state index in [1.165, 1.54) is 11.8 Å². The van der Waals surface area contributed by atoms with Crippen LogP contribution in [0.3, 0.4) is 0 Å². The van der Waals surface area contributed by atoms with Gasteiger partial charge in [-0.1, -0.05) is 0 Å². The zero-order valence-electron chi connectivity index (χ0n) is 7.66. The van der Waals surface area contributed by atoms with E-state index in [-0.39, 0.29) is 11.2 Å². The molecule has 1 atom stereocenters. The van der Waals surface area contributed by atoms with Crippen LogP contribution in [0.15, 0.2) is 0 Å². The first-order valence-corrected chi connectivity index (χ1v) is 5.39. The fourth-order valence-corrected chi connectivity index (χ4v) is 1.23. The Morgan fingerprint density at radius 3 is 2.38 bits per heavy atom. The van der Waals surface area contributed by atoms with Crippen molar-refractivity contribution >= 4 is 23.6 Å². The summed E-state index contributed by atoms with van der Waals surface area (Å²) >= 11 is 1.41. The molecule has 0 bridgehead atoms. The van der Waals surface area contributed by atoms with Crippen LogP contribution in [0.25, 0.3) is 0 Å². The Morgan fingerprint density at radius 1 is 1.54 bits per heavy atom. The number of thioether (sulfide) groups is 1. The number of rotatable bonds is 4. The van der Waals surface area contributed by atoms with Crippen molar-refractivity contribution in [3.63, 3.8) is 0 Å². The Bertz CT molecular complexity index is 238. The molecule has 4 nitrogen and oxygen atoms in total. The van der Waals surface area contributed by atoms with Gasteiger partial charge < -0.3 is 10.4 Å². The van der Waals surface area contributed by atoms with Gasteiger partial charge in [0.15, 0.2) is 0 Å². The van der Waals surface area contributed by atoms with Crippen molar-refractivity contribution in [3.05, 3.63) is 0 Å². The predicted molar refractivity (Wildman–Crippen MR) is 50.7 cm³/mol. The van der Waals surface area contributed by atoms with Gasteiger partial charge >= 0.3 is 5.97 Å². The summed E-state index contributed by atoms with van der Waals surface area (Å²) in [5.41, 5.74) is -0.943. The van der Waals surface area contributed by atoms with Crippen LogP contribution in [0.2, 0.25) is 0 Å². The SMILES string of the molecule is CSC(C)C(=O)NC1(C(=O)O)CC1. The van der Waals surface area contributed by atoms with E-state index in [2.05, 4.69) is 5.32 Å². The fraction of sp³-hybridized carbons (Fsp3) is 0.750. The van der Waals surface area contributed by atoms with Gasteiger partial charge in [0.2, 0.25) is 5.91 Å². The summed E-state index contributed by atoms with van der Waals surface area (Å²) in [4.78, 5) is 22.0. The molecule has 1 aliphatic carbocycles. The molecule has 1 rings (SSSR count). The largest absolute Gasteiger partial charge is 0.480 e. The van der Waals surface area contributed by atoms with Gasteiger partial charge in [-0.15, -0.1) is 0 Å². The highest BCUT2D eigenvalue weighted by molar-refractivity contribution is 7.99. The van der Waals surface area contributed by atoms with Gasteiger partial charge in [0, 0.05) is 0 Å². The van der Waals surface area contributed by atoms with Crippen LogP contribution in [-0.4, -0.2) is 34.0 Å². The highest BCUT2D eigenvalue weighted by atomic mass is 32.2. The summed E-state index contributed by atoms with van der Waals surface area (Å²) < 4.78 is 0. The van der Waals surface area contributed by atoms with Crippen LogP contribution < -0.4 is 5.32 Å². The Balaban J connectivity index is 2.49. The van der Waals surface area contributed by atoms with Gasteiger partial charge in [0.1, 0.15) is 5.54 Å². The summed E-state index contributed by atoms with van der Waals surface area (Å²) in [5.74, 6) is -1.11. The number of carboxylic acid groups (broad SMARTS) is 1. The van der Waals surface area contributed by atoms with Gasteiger partial charge in [-0.2, -0.15) is 11.8 Å². The third-order valence-corrected chi connectivity index (χ3v) is 3.17. The van der Waals surface area contributed by atoms with Gasteiger partial charge in [-0.05, 0) is 26.0 Å². The maximum atomic E-state index is 11.3. The van der Waals surface area contributed by atoms with Crippen LogP contribution in [0.1, 0.15) is 19.8 Å². The molecule has 0 aromatic heterocycles. The lowest BCUT2D eigenvalue weighted by atomic mass is 10.2. The number of carbonyl (C=O) groups excluding carboxylic acids is 1. The molecule has 0 heterocycles. The summed E-state index contributed by atoms with van der Waals surface area (Å²) in [5, 5.41) is 11.2. The van der Waals surface area contributed by atoms with E-state index < -0.39 is 11.5 Å². The molecule has 0 aromatic rings. The second-order valence-electron chi connectivity index (χ2n) is 3.25. The van der Waals surface area contributed by atoms with Gasteiger partial charge in [-0.25, -0.2) is 4.79 Å². The number of hydrogen-bond acceptors (Lipinski definition) is 3. The van der Waals surface area contributed by atoms with Gasteiger partial charge in [0.05, 0.1) is 5.25 Å². The van der Waals surface area contributed by atoms with Crippen LogP contribution in [0, 0.1) is 0 Å². The molecule has 1 fully saturated rings. The minimum absolute atomic E-state index is 0.183. The number of aliphatic carboxylic acids is 1. The highest BCUT2D eigenvalue weighted by Gasteiger charge is 2.51. The highest BCUT2D eigenvalue weighted by Crippen LogP contribution is 2.35. The number of carboxylic acids is 1. The van der Waals surface area contributed by atoms with Crippen LogP contribution >= 0.6 is 11.8 Å². The second kappa shape index (κ2) is 3.57. The lowest BCUT2D eigenvalue weighted by Gasteiger charge is -2.15. The molecule has 2 N–H and O–H groups in total. The first-order valence-electron chi connectivity index (χ1n) is 4.10. The molecule has 13 heavy (non-hydrogen) atoms. The normalized spacial score (nSPS) is 20.5. The fourth-order valence-electron chi connectivity index (χ4n) is 0.962. The molecule has 1 saturated carbocycles. The number of hydrogen-bond donors (Lipinski definition) is 2. The Morgan fingerprint density at radius 2 is 2.08 bits per heavy atom. The molecule has 1 aliphatic rings. The van der Waals surface area contributed by atoms with Crippen molar-refractivity contribution in [3.8, 4) is 0 Å². The molecule has 0 saturated heterocycles. The first-order chi connectivity index (χ1) is 6.02. The third-order valence-electron chi connectivity index (χ3n) is 2.24. The Kier molecular flexibility index (Phi) is 2.85. The standard InChI is InChI=1S/C8H13NO3S/c1-5(13-2)6(10)9-8(3-4-8)7(11)12/h5H,3-4H2,1-2H3,(H,9,10)(H,11,12). The quantitative estimate of drug-likeness (QED) is 0.697. The van der Waals surface area contributed by atoms with Crippen molar-refractivity contribution in [2.24, 2.45) is 0 Å².